The lowest BCUT2D eigenvalue weighted by atomic mass is 9.53. The van der Waals surface area contributed by atoms with Crippen molar-refractivity contribution in [2.45, 2.75) is 89.4 Å². The summed E-state index contributed by atoms with van der Waals surface area (Å²) in [5.41, 5.74) is 5.72. The molecule has 4 aliphatic carbocycles. The summed E-state index contributed by atoms with van der Waals surface area (Å²) < 4.78 is 5.23. The molecule has 0 radical (unpaired) electrons. The number of aliphatic carboxylic acids is 1. The number of ether oxygens (including phenoxy) is 1. The number of carbonyl (C=O) groups excluding carboxylic acids is 1. The van der Waals surface area contributed by atoms with Crippen molar-refractivity contribution >= 4 is 11.9 Å². The molecule has 4 fully saturated rings. The van der Waals surface area contributed by atoms with Crippen LogP contribution in [0.4, 0.5) is 0 Å². The predicted molar refractivity (Wildman–Crippen MR) is 108 cm³/mol. The first-order valence-electron chi connectivity index (χ1n) is 11.8. The van der Waals surface area contributed by atoms with Gasteiger partial charge in [0.05, 0.1) is 0 Å². The smallest absolute Gasteiger partial charge is 0.325 e. The normalized spacial score (nSPS) is 40.8. The van der Waals surface area contributed by atoms with Crippen LogP contribution in [-0.4, -0.2) is 34.5 Å². The molecular weight excluding hydrogens is 370 g/mol. The number of carboxylic acids is 1. The van der Waals surface area contributed by atoms with E-state index in [9.17, 15) is 14.7 Å². The van der Waals surface area contributed by atoms with E-state index in [0.29, 0.717) is 5.92 Å². The van der Waals surface area contributed by atoms with E-state index in [-0.39, 0.29) is 18.8 Å². The molecule has 0 aromatic rings. The van der Waals surface area contributed by atoms with Gasteiger partial charge >= 0.3 is 11.9 Å². The minimum Gasteiger partial charge on any atom is -0.481 e. The minimum atomic E-state index is -1.12. The maximum atomic E-state index is 12.1. The molecule has 0 saturated heterocycles. The fourth-order valence-corrected chi connectivity index (χ4v) is 7.47. The summed E-state index contributed by atoms with van der Waals surface area (Å²) in [7, 11) is 0. The zero-order valence-corrected chi connectivity index (χ0v) is 17.4. The van der Waals surface area contributed by atoms with E-state index in [1.165, 1.54) is 44.9 Å². The molecule has 0 amide bonds. The van der Waals surface area contributed by atoms with Crippen molar-refractivity contribution in [2.75, 3.05) is 0 Å². The van der Waals surface area contributed by atoms with Gasteiger partial charge in [-0.05, 0) is 93.3 Å². The Morgan fingerprint density at radius 2 is 1.55 bits per heavy atom. The van der Waals surface area contributed by atoms with E-state index in [4.69, 9.17) is 15.6 Å². The van der Waals surface area contributed by atoms with Crippen molar-refractivity contribution in [1.29, 1.82) is 0 Å². The standard InChI is InChI=1S/C23H37NO5/c24-20(10-11-21(25)26)23(28)29-22(27)15-6-7-17-14(12-15)5-9-18-16-3-1-2-13(16)4-8-19(17)18/h13-20,22,27H,1-12,24H2,(H,25,26)/t13-,14?,15?,16+,17-,18-,19+,20-,22?/m0/s1. The summed E-state index contributed by atoms with van der Waals surface area (Å²) in [4.78, 5) is 22.7. The van der Waals surface area contributed by atoms with E-state index in [0.717, 1.165) is 48.9 Å². The fourth-order valence-electron chi connectivity index (χ4n) is 7.47. The minimum absolute atomic E-state index is 0.0220. The molecule has 3 unspecified atom stereocenters. The third kappa shape index (κ3) is 4.48. The van der Waals surface area contributed by atoms with Gasteiger partial charge in [-0.15, -0.1) is 0 Å². The molecule has 0 aliphatic heterocycles. The summed E-state index contributed by atoms with van der Waals surface area (Å²) >= 11 is 0. The highest BCUT2D eigenvalue weighted by Gasteiger charge is 2.50. The predicted octanol–water partition coefficient (Wildman–Crippen LogP) is 3.31. The van der Waals surface area contributed by atoms with Crippen molar-refractivity contribution in [1.82, 2.24) is 0 Å². The van der Waals surface area contributed by atoms with E-state index in [2.05, 4.69) is 0 Å². The van der Waals surface area contributed by atoms with E-state index in [1.54, 1.807) is 0 Å². The number of nitrogens with two attached hydrogens (primary N) is 1. The molecule has 0 spiro atoms. The molecule has 4 aliphatic rings. The van der Waals surface area contributed by atoms with Gasteiger partial charge in [0.15, 0.2) is 0 Å². The van der Waals surface area contributed by atoms with Crippen LogP contribution in [0.1, 0.15) is 77.0 Å². The van der Waals surface area contributed by atoms with E-state index in [1.807, 2.05) is 0 Å². The van der Waals surface area contributed by atoms with Crippen LogP contribution >= 0.6 is 0 Å². The Balaban J connectivity index is 1.29. The Kier molecular flexibility index (Phi) is 6.50. The monoisotopic (exact) mass is 407 g/mol. The maximum absolute atomic E-state index is 12.1. The molecule has 0 heterocycles. The topological polar surface area (TPSA) is 110 Å². The average Bonchev–Trinajstić information content (AvgIpc) is 3.20. The second-order valence-corrected chi connectivity index (χ2v) is 10.2. The quantitative estimate of drug-likeness (QED) is 0.460. The Bertz CT molecular complexity index is 610. The molecule has 4 saturated carbocycles. The van der Waals surface area contributed by atoms with Crippen LogP contribution in [-0.2, 0) is 14.3 Å². The third-order valence-electron chi connectivity index (χ3n) is 8.80. The molecule has 0 bridgehead atoms. The Morgan fingerprint density at radius 1 is 0.897 bits per heavy atom. The number of fused-ring (bicyclic) bond motifs is 5. The fraction of sp³-hybridized carbons (Fsp3) is 0.913. The summed E-state index contributed by atoms with van der Waals surface area (Å²) in [6.45, 7) is 0. The largest absolute Gasteiger partial charge is 0.481 e. The lowest BCUT2D eigenvalue weighted by Crippen LogP contribution is -2.46. The van der Waals surface area contributed by atoms with Crippen molar-refractivity contribution in [2.24, 2.45) is 47.2 Å². The van der Waals surface area contributed by atoms with Crippen molar-refractivity contribution in [3.63, 3.8) is 0 Å². The molecule has 0 aromatic heterocycles. The Morgan fingerprint density at radius 3 is 2.28 bits per heavy atom. The maximum Gasteiger partial charge on any atom is 0.325 e. The Hall–Kier alpha value is -1.14. The van der Waals surface area contributed by atoms with Crippen molar-refractivity contribution < 1.29 is 24.5 Å². The first kappa shape index (κ1) is 21.1. The molecule has 6 nitrogen and oxygen atoms in total. The second kappa shape index (κ2) is 8.93. The SMILES string of the molecule is N[C@@H](CCC(=O)O)C(=O)OC(O)C1CC[C@H]2C(CC[C@H]3[C@@H]4CCC[C@H]4CC[C@@H]32)C1. The molecule has 164 valence electrons. The van der Waals surface area contributed by atoms with Crippen LogP contribution in [0, 0.1) is 41.4 Å². The zero-order chi connectivity index (χ0) is 20.5. The first-order valence-corrected chi connectivity index (χ1v) is 11.8. The highest BCUT2D eigenvalue weighted by molar-refractivity contribution is 5.76. The van der Waals surface area contributed by atoms with Crippen molar-refractivity contribution in [3.8, 4) is 0 Å². The van der Waals surface area contributed by atoms with Gasteiger partial charge in [0, 0.05) is 12.3 Å². The van der Waals surface area contributed by atoms with Crippen LogP contribution in [0.15, 0.2) is 0 Å². The van der Waals surface area contributed by atoms with Gasteiger partial charge in [0.2, 0.25) is 6.29 Å². The lowest BCUT2D eigenvalue weighted by molar-refractivity contribution is -0.185. The van der Waals surface area contributed by atoms with Crippen molar-refractivity contribution in [3.05, 3.63) is 0 Å². The molecular formula is C23H37NO5. The highest BCUT2D eigenvalue weighted by atomic mass is 16.6. The summed E-state index contributed by atoms with van der Waals surface area (Å²) in [6, 6.07) is -0.992. The molecule has 4 rings (SSSR count). The second-order valence-electron chi connectivity index (χ2n) is 10.2. The van der Waals surface area contributed by atoms with Crippen LogP contribution < -0.4 is 5.73 Å². The molecule has 4 N–H and O–H groups in total. The number of aliphatic hydroxyl groups excluding tert-OH is 1. The van der Waals surface area contributed by atoms with Crippen LogP contribution in [0.2, 0.25) is 0 Å². The third-order valence-corrected chi connectivity index (χ3v) is 8.80. The number of carboxylic acid groups (broad SMARTS) is 1. The van der Waals surface area contributed by atoms with Crippen LogP contribution in [0.25, 0.3) is 0 Å². The number of esters is 1. The Labute approximate surface area is 173 Å². The molecule has 9 atom stereocenters. The average molecular weight is 408 g/mol. The van der Waals surface area contributed by atoms with Gasteiger partial charge in [0.25, 0.3) is 0 Å². The molecule has 29 heavy (non-hydrogen) atoms. The van der Waals surface area contributed by atoms with Crippen LogP contribution in [0.3, 0.4) is 0 Å². The number of hydrogen-bond acceptors (Lipinski definition) is 5. The van der Waals surface area contributed by atoms with Gasteiger partial charge in [-0.2, -0.15) is 0 Å². The summed E-state index contributed by atoms with van der Waals surface area (Å²) in [6.07, 6.45) is 11.4. The number of rotatable bonds is 6. The number of hydrogen-bond donors (Lipinski definition) is 3. The van der Waals surface area contributed by atoms with Gasteiger partial charge in [-0.1, -0.05) is 12.8 Å². The van der Waals surface area contributed by atoms with Crippen LogP contribution in [0.5, 0.6) is 0 Å². The highest BCUT2D eigenvalue weighted by Crippen LogP contribution is 2.58. The van der Waals surface area contributed by atoms with Gasteiger partial charge < -0.3 is 20.7 Å². The lowest BCUT2D eigenvalue weighted by Gasteiger charge is -2.53. The van der Waals surface area contributed by atoms with Gasteiger partial charge in [-0.25, -0.2) is 0 Å². The molecule has 0 aromatic carbocycles. The number of aliphatic hydroxyl groups is 1. The zero-order valence-electron chi connectivity index (χ0n) is 17.4. The summed E-state index contributed by atoms with van der Waals surface area (Å²) in [5.74, 6) is 3.50. The van der Waals surface area contributed by atoms with E-state index < -0.39 is 24.3 Å². The van der Waals surface area contributed by atoms with E-state index >= 15 is 0 Å². The first-order chi connectivity index (χ1) is 13.9. The van der Waals surface area contributed by atoms with Gasteiger partial charge in [-0.3, -0.25) is 9.59 Å². The molecule has 6 heteroatoms. The number of carbonyl (C=O) groups is 2. The summed E-state index contributed by atoms with van der Waals surface area (Å²) in [5, 5.41) is 19.2. The van der Waals surface area contributed by atoms with Gasteiger partial charge in [0.1, 0.15) is 6.04 Å².